The summed E-state index contributed by atoms with van der Waals surface area (Å²) in [6, 6.07) is 2.59. The number of hydrogen-bond acceptors (Lipinski definition) is 4. The molecule has 1 aromatic carbocycles. The molecule has 0 heterocycles. The molecule has 1 saturated carbocycles. The highest BCUT2D eigenvalue weighted by atomic mass is 19.4. The maximum Gasteiger partial charge on any atom is 0.391 e. The summed E-state index contributed by atoms with van der Waals surface area (Å²) < 4.78 is 43.0. The molecule has 0 atom stereocenters. The summed E-state index contributed by atoms with van der Waals surface area (Å²) in [5.74, 6) is -2.28. The molecule has 8 heteroatoms. The number of carboxylic acid groups (broad SMARTS) is 1. The van der Waals surface area contributed by atoms with Gasteiger partial charge in [0, 0.05) is 12.1 Å². The first-order valence-corrected chi connectivity index (χ1v) is 7.26. The van der Waals surface area contributed by atoms with Crippen molar-refractivity contribution in [2.45, 2.75) is 37.9 Å². The fraction of sp³-hybridized carbons (Fsp3) is 0.533. The number of methoxy groups -OCH3 is 1. The van der Waals surface area contributed by atoms with Gasteiger partial charge in [0.1, 0.15) is 11.3 Å². The third-order valence-corrected chi connectivity index (χ3v) is 4.15. The predicted octanol–water partition coefficient (Wildman–Crippen LogP) is 3.51. The smallest absolute Gasteiger partial charge is 0.391 e. The van der Waals surface area contributed by atoms with Crippen LogP contribution in [0, 0.1) is 5.92 Å². The van der Waals surface area contributed by atoms with Gasteiger partial charge in [-0.2, -0.15) is 13.2 Å². The Labute approximate surface area is 131 Å². The molecule has 0 radical (unpaired) electrons. The summed E-state index contributed by atoms with van der Waals surface area (Å²) in [6.07, 6.45) is -3.32. The van der Waals surface area contributed by atoms with Crippen LogP contribution in [0.15, 0.2) is 12.1 Å². The normalized spacial score (nSPS) is 21.7. The number of nitrogens with two attached hydrogens (primary N) is 1. The van der Waals surface area contributed by atoms with Crippen LogP contribution in [0.2, 0.25) is 0 Å². The van der Waals surface area contributed by atoms with E-state index < -0.39 is 18.1 Å². The number of ether oxygens (including phenoxy) is 1. The van der Waals surface area contributed by atoms with Gasteiger partial charge in [-0.3, -0.25) is 0 Å². The zero-order chi connectivity index (χ0) is 17.2. The van der Waals surface area contributed by atoms with Gasteiger partial charge in [-0.05, 0) is 31.7 Å². The summed E-state index contributed by atoms with van der Waals surface area (Å²) >= 11 is 0. The average molecular weight is 332 g/mol. The maximum absolute atomic E-state index is 12.7. The van der Waals surface area contributed by atoms with E-state index in [0.717, 1.165) is 0 Å². The molecule has 0 unspecified atom stereocenters. The molecule has 2 rings (SSSR count). The molecule has 0 aliphatic heterocycles. The maximum atomic E-state index is 12.7. The minimum atomic E-state index is -4.15. The molecule has 1 aliphatic carbocycles. The molecule has 23 heavy (non-hydrogen) atoms. The zero-order valence-electron chi connectivity index (χ0n) is 12.6. The molecule has 0 saturated heterocycles. The number of carboxylic acids is 1. The third kappa shape index (κ3) is 4.00. The van der Waals surface area contributed by atoms with Crippen LogP contribution in [0.4, 0.5) is 24.5 Å². The van der Waals surface area contributed by atoms with Crippen molar-refractivity contribution in [3.8, 4) is 5.75 Å². The number of rotatable bonds is 4. The number of hydrogen-bond donors (Lipinski definition) is 3. The lowest BCUT2D eigenvalue weighted by molar-refractivity contribution is -0.182. The fourth-order valence-electron chi connectivity index (χ4n) is 2.84. The van der Waals surface area contributed by atoms with Gasteiger partial charge in [0.25, 0.3) is 0 Å². The van der Waals surface area contributed by atoms with Crippen LogP contribution in [0.1, 0.15) is 36.0 Å². The summed E-state index contributed by atoms with van der Waals surface area (Å²) in [5, 5.41) is 12.2. The van der Waals surface area contributed by atoms with E-state index >= 15 is 0 Å². The van der Waals surface area contributed by atoms with Crippen LogP contribution >= 0.6 is 0 Å². The highest BCUT2D eigenvalue weighted by Gasteiger charge is 2.41. The Kier molecular flexibility index (Phi) is 4.91. The summed E-state index contributed by atoms with van der Waals surface area (Å²) in [5.41, 5.74) is 6.51. The van der Waals surface area contributed by atoms with Gasteiger partial charge >= 0.3 is 12.1 Å². The van der Waals surface area contributed by atoms with Crippen molar-refractivity contribution in [2.75, 3.05) is 18.2 Å². The number of aromatic carboxylic acids is 1. The third-order valence-electron chi connectivity index (χ3n) is 4.15. The van der Waals surface area contributed by atoms with Crippen molar-refractivity contribution >= 4 is 17.3 Å². The van der Waals surface area contributed by atoms with Crippen molar-refractivity contribution in [2.24, 2.45) is 5.92 Å². The SMILES string of the molecule is COc1cc(N)c(NC2CCC(C(F)(F)F)CC2)cc1C(=O)O. The van der Waals surface area contributed by atoms with Crippen molar-refractivity contribution < 1.29 is 27.8 Å². The molecular weight excluding hydrogens is 313 g/mol. The number of nitrogen functional groups attached to an aromatic ring is 1. The van der Waals surface area contributed by atoms with Crippen LogP contribution in [-0.4, -0.2) is 30.4 Å². The second kappa shape index (κ2) is 6.55. The van der Waals surface area contributed by atoms with Gasteiger partial charge in [0.2, 0.25) is 0 Å². The van der Waals surface area contributed by atoms with E-state index in [9.17, 15) is 18.0 Å². The lowest BCUT2D eigenvalue weighted by atomic mass is 9.85. The Bertz CT molecular complexity index is 582. The molecule has 0 spiro atoms. The molecule has 0 aromatic heterocycles. The second-order valence-corrected chi connectivity index (χ2v) is 5.68. The predicted molar refractivity (Wildman–Crippen MR) is 79.8 cm³/mol. The first-order chi connectivity index (χ1) is 10.7. The second-order valence-electron chi connectivity index (χ2n) is 5.68. The topological polar surface area (TPSA) is 84.6 Å². The van der Waals surface area contributed by atoms with Gasteiger partial charge in [0.05, 0.1) is 24.4 Å². The lowest BCUT2D eigenvalue weighted by Gasteiger charge is -2.31. The first-order valence-electron chi connectivity index (χ1n) is 7.26. The standard InChI is InChI=1S/C15H19F3N2O3/c1-23-13-7-11(19)12(6-10(13)14(21)22)20-9-4-2-8(3-5-9)15(16,17)18/h6-9,20H,2-5,19H2,1H3,(H,21,22). The Morgan fingerprint density at radius 1 is 1.30 bits per heavy atom. The molecular formula is C15H19F3N2O3. The number of anilines is 2. The molecule has 0 bridgehead atoms. The molecule has 5 nitrogen and oxygen atoms in total. The van der Waals surface area contributed by atoms with E-state index in [2.05, 4.69) is 5.32 Å². The number of alkyl halides is 3. The molecule has 1 fully saturated rings. The van der Waals surface area contributed by atoms with Crippen molar-refractivity contribution in [1.82, 2.24) is 0 Å². The lowest BCUT2D eigenvalue weighted by Crippen LogP contribution is -2.33. The first kappa shape index (κ1) is 17.2. The monoisotopic (exact) mass is 332 g/mol. The molecule has 4 N–H and O–H groups in total. The highest BCUT2D eigenvalue weighted by Crippen LogP contribution is 2.39. The summed E-state index contributed by atoms with van der Waals surface area (Å²) in [4.78, 5) is 11.2. The van der Waals surface area contributed by atoms with Gasteiger partial charge < -0.3 is 20.9 Å². The minimum Gasteiger partial charge on any atom is -0.496 e. The van der Waals surface area contributed by atoms with Gasteiger partial charge in [0.15, 0.2) is 0 Å². The van der Waals surface area contributed by atoms with E-state index in [4.69, 9.17) is 15.6 Å². The largest absolute Gasteiger partial charge is 0.496 e. The van der Waals surface area contributed by atoms with Crippen LogP contribution in [0.3, 0.4) is 0 Å². The van der Waals surface area contributed by atoms with Gasteiger partial charge in [-0.1, -0.05) is 0 Å². The molecule has 0 amide bonds. The number of benzene rings is 1. The van der Waals surface area contributed by atoms with Gasteiger partial charge in [-0.15, -0.1) is 0 Å². The summed E-state index contributed by atoms with van der Waals surface area (Å²) in [7, 11) is 1.34. The Hall–Kier alpha value is -2.12. The Morgan fingerprint density at radius 3 is 2.39 bits per heavy atom. The molecule has 1 aliphatic rings. The zero-order valence-corrected chi connectivity index (χ0v) is 12.6. The molecule has 128 valence electrons. The van der Waals surface area contributed by atoms with Gasteiger partial charge in [-0.25, -0.2) is 4.79 Å². The van der Waals surface area contributed by atoms with E-state index in [0.29, 0.717) is 24.2 Å². The van der Waals surface area contributed by atoms with E-state index in [1.54, 1.807) is 0 Å². The number of halogens is 3. The summed E-state index contributed by atoms with van der Waals surface area (Å²) in [6.45, 7) is 0. The molecule has 1 aromatic rings. The number of nitrogens with one attached hydrogen (secondary N) is 1. The Morgan fingerprint density at radius 2 is 1.91 bits per heavy atom. The minimum absolute atomic E-state index is 0.0480. The van der Waals surface area contributed by atoms with Crippen molar-refractivity contribution in [3.63, 3.8) is 0 Å². The fourth-order valence-corrected chi connectivity index (χ4v) is 2.84. The Balaban J connectivity index is 2.09. The quantitative estimate of drug-likeness (QED) is 0.735. The van der Waals surface area contributed by atoms with Crippen molar-refractivity contribution in [1.29, 1.82) is 0 Å². The highest BCUT2D eigenvalue weighted by molar-refractivity contribution is 5.94. The van der Waals surface area contributed by atoms with E-state index in [1.165, 1.54) is 19.2 Å². The van der Waals surface area contributed by atoms with Crippen LogP contribution in [0.5, 0.6) is 5.75 Å². The van der Waals surface area contributed by atoms with Crippen LogP contribution in [0.25, 0.3) is 0 Å². The van der Waals surface area contributed by atoms with Crippen LogP contribution < -0.4 is 15.8 Å². The van der Waals surface area contributed by atoms with E-state index in [-0.39, 0.29) is 30.2 Å². The van der Waals surface area contributed by atoms with E-state index in [1.807, 2.05) is 0 Å². The van der Waals surface area contributed by atoms with Crippen molar-refractivity contribution in [3.05, 3.63) is 17.7 Å². The average Bonchev–Trinajstić information content (AvgIpc) is 2.48. The van der Waals surface area contributed by atoms with Crippen LogP contribution in [-0.2, 0) is 0 Å². The number of carbonyl (C=O) groups is 1.